The van der Waals surface area contributed by atoms with Crippen molar-refractivity contribution in [1.29, 1.82) is 0 Å². The van der Waals surface area contributed by atoms with Gasteiger partial charge in [0, 0.05) is 30.4 Å². The summed E-state index contributed by atoms with van der Waals surface area (Å²) >= 11 is 0. The molecule has 0 bridgehead atoms. The van der Waals surface area contributed by atoms with Crippen molar-refractivity contribution >= 4 is 5.96 Å². The molecule has 0 radical (unpaired) electrons. The van der Waals surface area contributed by atoms with Crippen LogP contribution in [0.15, 0.2) is 71.9 Å². The number of nitrogens with one attached hydrogen (secondary N) is 2. The quantitative estimate of drug-likeness (QED) is 0.756. The maximum absolute atomic E-state index is 4.84. The van der Waals surface area contributed by atoms with E-state index < -0.39 is 0 Å². The fourth-order valence-electron chi connectivity index (χ4n) is 2.98. The molecule has 0 fully saturated rings. The topological polar surface area (TPSA) is 54.2 Å². The standard InChI is InChI=1S/C20H21N5/c1-3-7-16(8-4-1)14-25-15-18(13-23-20-21-11-12-22-20)19(24-25)17-9-5-2-6-10-17/h1-10,15H,11-14H2,(H2,21,22,23). The average Bonchev–Trinajstić information content (AvgIpc) is 3.31. The van der Waals surface area contributed by atoms with Gasteiger partial charge in [-0.05, 0) is 5.56 Å². The number of rotatable bonds is 5. The SMILES string of the molecule is c1ccc(Cn2cc(CNC3=NCCN3)c(-c3ccccc3)n2)cc1. The molecule has 1 aliphatic rings. The van der Waals surface area contributed by atoms with Crippen LogP contribution in [0, 0.1) is 0 Å². The molecule has 0 atom stereocenters. The van der Waals surface area contributed by atoms with E-state index in [0.29, 0.717) is 6.54 Å². The first kappa shape index (κ1) is 15.4. The van der Waals surface area contributed by atoms with Gasteiger partial charge in [0.2, 0.25) is 0 Å². The van der Waals surface area contributed by atoms with Gasteiger partial charge < -0.3 is 10.6 Å². The van der Waals surface area contributed by atoms with E-state index in [0.717, 1.165) is 36.9 Å². The van der Waals surface area contributed by atoms with Gasteiger partial charge in [-0.2, -0.15) is 5.10 Å². The highest BCUT2D eigenvalue weighted by atomic mass is 15.3. The van der Waals surface area contributed by atoms with E-state index in [2.05, 4.69) is 58.2 Å². The molecule has 2 N–H and O–H groups in total. The summed E-state index contributed by atoms with van der Waals surface area (Å²) in [5, 5.41) is 11.5. The van der Waals surface area contributed by atoms with E-state index >= 15 is 0 Å². The Balaban J connectivity index is 1.60. The summed E-state index contributed by atoms with van der Waals surface area (Å²) in [4.78, 5) is 4.39. The third-order valence-electron chi connectivity index (χ3n) is 4.19. The van der Waals surface area contributed by atoms with Gasteiger partial charge >= 0.3 is 0 Å². The lowest BCUT2D eigenvalue weighted by Crippen LogP contribution is -2.33. The normalized spacial score (nSPS) is 13.4. The second-order valence-electron chi connectivity index (χ2n) is 6.06. The van der Waals surface area contributed by atoms with Gasteiger partial charge in [-0.25, -0.2) is 0 Å². The highest BCUT2D eigenvalue weighted by molar-refractivity contribution is 5.81. The van der Waals surface area contributed by atoms with E-state index in [1.807, 2.05) is 28.9 Å². The van der Waals surface area contributed by atoms with Gasteiger partial charge in [-0.3, -0.25) is 9.67 Å². The molecule has 2 heterocycles. The zero-order valence-electron chi connectivity index (χ0n) is 14.0. The van der Waals surface area contributed by atoms with Crippen molar-refractivity contribution in [2.75, 3.05) is 13.1 Å². The van der Waals surface area contributed by atoms with Crippen LogP contribution in [0.3, 0.4) is 0 Å². The monoisotopic (exact) mass is 331 g/mol. The molecule has 3 aromatic rings. The van der Waals surface area contributed by atoms with Gasteiger partial charge in [0.1, 0.15) is 0 Å². The third kappa shape index (κ3) is 3.71. The Hall–Kier alpha value is -3.08. The van der Waals surface area contributed by atoms with Gasteiger partial charge in [-0.1, -0.05) is 60.7 Å². The summed E-state index contributed by atoms with van der Waals surface area (Å²) in [5.41, 5.74) is 4.56. The first-order chi connectivity index (χ1) is 12.4. The Kier molecular flexibility index (Phi) is 4.46. The Morgan fingerprint density at radius 3 is 2.48 bits per heavy atom. The minimum atomic E-state index is 0.699. The minimum Gasteiger partial charge on any atom is -0.355 e. The van der Waals surface area contributed by atoms with E-state index in [1.54, 1.807) is 0 Å². The summed E-state index contributed by atoms with van der Waals surface area (Å²) in [6, 6.07) is 20.7. The van der Waals surface area contributed by atoms with Gasteiger partial charge in [0.25, 0.3) is 0 Å². The molecule has 5 nitrogen and oxygen atoms in total. The smallest absolute Gasteiger partial charge is 0.191 e. The van der Waals surface area contributed by atoms with Gasteiger partial charge in [0.05, 0.1) is 18.8 Å². The van der Waals surface area contributed by atoms with Crippen LogP contribution in [0.2, 0.25) is 0 Å². The molecule has 1 aromatic heterocycles. The number of aliphatic imine (C=N–C) groups is 1. The lowest BCUT2D eigenvalue weighted by Gasteiger charge is -2.06. The first-order valence-electron chi connectivity index (χ1n) is 8.56. The Morgan fingerprint density at radius 2 is 1.76 bits per heavy atom. The van der Waals surface area contributed by atoms with Crippen LogP contribution in [-0.4, -0.2) is 28.8 Å². The molecule has 25 heavy (non-hydrogen) atoms. The third-order valence-corrected chi connectivity index (χ3v) is 4.19. The lowest BCUT2D eigenvalue weighted by atomic mass is 10.1. The second kappa shape index (κ2) is 7.21. The molecule has 0 amide bonds. The van der Waals surface area contributed by atoms with Crippen LogP contribution in [-0.2, 0) is 13.1 Å². The number of nitrogens with zero attached hydrogens (tertiary/aromatic N) is 3. The van der Waals surface area contributed by atoms with Crippen molar-refractivity contribution in [3.8, 4) is 11.3 Å². The largest absolute Gasteiger partial charge is 0.355 e. The average molecular weight is 331 g/mol. The van der Waals surface area contributed by atoms with E-state index in [1.165, 1.54) is 11.1 Å². The number of aromatic nitrogens is 2. The van der Waals surface area contributed by atoms with Crippen molar-refractivity contribution in [2.24, 2.45) is 4.99 Å². The predicted molar refractivity (Wildman–Crippen MR) is 100 cm³/mol. The van der Waals surface area contributed by atoms with Crippen LogP contribution in [0.25, 0.3) is 11.3 Å². The van der Waals surface area contributed by atoms with E-state index in [9.17, 15) is 0 Å². The Bertz CT molecular complexity index is 852. The molecule has 4 rings (SSSR count). The summed E-state index contributed by atoms with van der Waals surface area (Å²) in [7, 11) is 0. The maximum atomic E-state index is 4.84. The second-order valence-corrected chi connectivity index (χ2v) is 6.06. The zero-order chi connectivity index (χ0) is 16.9. The predicted octanol–water partition coefficient (Wildman–Crippen LogP) is 2.65. The van der Waals surface area contributed by atoms with Crippen molar-refractivity contribution in [3.63, 3.8) is 0 Å². The number of benzene rings is 2. The van der Waals surface area contributed by atoms with Crippen LogP contribution in [0.4, 0.5) is 0 Å². The summed E-state index contributed by atoms with van der Waals surface area (Å²) in [6.07, 6.45) is 2.12. The first-order valence-corrected chi connectivity index (χ1v) is 8.56. The lowest BCUT2D eigenvalue weighted by molar-refractivity contribution is 0.688. The fourth-order valence-corrected chi connectivity index (χ4v) is 2.98. The van der Waals surface area contributed by atoms with Gasteiger partial charge in [-0.15, -0.1) is 0 Å². The van der Waals surface area contributed by atoms with Crippen molar-refractivity contribution < 1.29 is 0 Å². The molecule has 0 saturated carbocycles. The molecule has 0 spiro atoms. The van der Waals surface area contributed by atoms with Crippen molar-refractivity contribution in [1.82, 2.24) is 20.4 Å². The van der Waals surface area contributed by atoms with Crippen molar-refractivity contribution in [3.05, 3.63) is 78.0 Å². The number of guanidine groups is 1. The fraction of sp³-hybridized carbons (Fsp3) is 0.200. The van der Waals surface area contributed by atoms with Crippen LogP contribution >= 0.6 is 0 Å². The molecule has 126 valence electrons. The summed E-state index contributed by atoms with van der Waals surface area (Å²) in [6.45, 7) is 3.20. The van der Waals surface area contributed by atoms with Crippen LogP contribution in [0.1, 0.15) is 11.1 Å². The molecule has 2 aromatic carbocycles. The highest BCUT2D eigenvalue weighted by Gasteiger charge is 2.13. The van der Waals surface area contributed by atoms with Crippen LogP contribution < -0.4 is 10.6 Å². The summed E-state index contributed by atoms with van der Waals surface area (Å²) in [5.74, 6) is 0.870. The molecule has 1 aliphatic heterocycles. The molecular formula is C20H21N5. The zero-order valence-corrected chi connectivity index (χ0v) is 14.0. The molecule has 0 unspecified atom stereocenters. The number of hydrogen-bond acceptors (Lipinski definition) is 4. The Labute approximate surface area is 147 Å². The van der Waals surface area contributed by atoms with E-state index in [4.69, 9.17) is 5.10 Å². The van der Waals surface area contributed by atoms with Crippen molar-refractivity contribution in [2.45, 2.75) is 13.1 Å². The Morgan fingerprint density at radius 1 is 1.00 bits per heavy atom. The highest BCUT2D eigenvalue weighted by Crippen LogP contribution is 2.22. The molecular weight excluding hydrogens is 310 g/mol. The summed E-state index contributed by atoms with van der Waals surface area (Å²) < 4.78 is 2.01. The number of hydrogen-bond donors (Lipinski definition) is 2. The van der Waals surface area contributed by atoms with Crippen LogP contribution in [0.5, 0.6) is 0 Å². The molecule has 5 heteroatoms. The van der Waals surface area contributed by atoms with E-state index in [-0.39, 0.29) is 0 Å². The molecule has 0 aliphatic carbocycles. The van der Waals surface area contributed by atoms with Gasteiger partial charge in [0.15, 0.2) is 5.96 Å². The molecule has 0 saturated heterocycles. The maximum Gasteiger partial charge on any atom is 0.191 e. The minimum absolute atomic E-state index is 0.699.